The maximum atomic E-state index is 11.8. The number of nitrogens with one attached hydrogen (secondary N) is 1. The fraction of sp³-hybridized carbons (Fsp3) is 0.917. The van der Waals surface area contributed by atoms with Gasteiger partial charge in [-0.1, -0.05) is 26.7 Å². The highest BCUT2D eigenvalue weighted by Gasteiger charge is 2.26. The Balaban J connectivity index is 2.31. The van der Waals surface area contributed by atoms with Gasteiger partial charge in [0, 0.05) is 12.6 Å². The number of rotatable bonds is 6. The van der Waals surface area contributed by atoms with E-state index in [-0.39, 0.29) is 11.8 Å². The van der Waals surface area contributed by atoms with E-state index >= 15 is 0 Å². The standard InChI is InChI=1S/C12H24N2O/c1-8(2)11(7-13)12(15)14-9(3)6-10-4-5-10/h8-11H,4-7,13H2,1-3H3,(H,14,15). The molecule has 1 amide bonds. The maximum absolute atomic E-state index is 11.8. The third kappa shape index (κ3) is 4.20. The lowest BCUT2D eigenvalue weighted by Crippen LogP contribution is -2.42. The molecule has 0 bridgehead atoms. The number of hydrogen-bond acceptors (Lipinski definition) is 2. The van der Waals surface area contributed by atoms with Gasteiger partial charge in [-0.2, -0.15) is 0 Å². The molecule has 3 N–H and O–H groups in total. The number of amides is 1. The molecule has 0 spiro atoms. The molecule has 0 aliphatic heterocycles. The first-order valence-corrected chi connectivity index (χ1v) is 6.05. The third-order valence-corrected chi connectivity index (χ3v) is 3.17. The summed E-state index contributed by atoms with van der Waals surface area (Å²) in [6.45, 7) is 6.62. The number of carbonyl (C=O) groups is 1. The molecule has 3 heteroatoms. The monoisotopic (exact) mass is 212 g/mol. The molecule has 0 aromatic carbocycles. The summed E-state index contributed by atoms with van der Waals surface area (Å²) in [7, 11) is 0. The number of nitrogens with two attached hydrogens (primary N) is 1. The summed E-state index contributed by atoms with van der Waals surface area (Å²) < 4.78 is 0. The predicted molar refractivity (Wildman–Crippen MR) is 62.3 cm³/mol. The van der Waals surface area contributed by atoms with E-state index in [4.69, 9.17) is 5.73 Å². The van der Waals surface area contributed by atoms with E-state index in [1.807, 2.05) is 13.8 Å². The molecule has 1 rings (SSSR count). The summed E-state index contributed by atoms with van der Waals surface area (Å²) >= 11 is 0. The molecule has 2 unspecified atom stereocenters. The first-order valence-electron chi connectivity index (χ1n) is 6.05. The van der Waals surface area contributed by atoms with E-state index < -0.39 is 0 Å². The van der Waals surface area contributed by atoms with Crippen molar-refractivity contribution in [1.82, 2.24) is 5.32 Å². The van der Waals surface area contributed by atoms with Gasteiger partial charge in [-0.15, -0.1) is 0 Å². The minimum absolute atomic E-state index is 0.0355. The fourth-order valence-corrected chi connectivity index (χ4v) is 1.94. The molecular weight excluding hydrogens is 188 g/mol. The Morgan fingerprint density at radius 2 is 2.00 bits per heavy atom. The summed E-state index contributed by atoms with van der Waals surface area (Å²) in [5, 5.41) is 3.06. The Bertz CT molecular complexity index is 212. The van der Waals surface area contributed by atoms with Crippen molar-refractivity contribution in [2.45, 2.75) is 46.1 Å². The summed E-state index contributed by atoms with van der Waals surface area (Å²) in [5.74, 6) is 1.27. The second-order valence-corrected chi connectivity index (χ2v) is 5.17. The highest BCUT2D eigenvalue weighted by molar-refractivity contribution is 5.79. The van der Waals surface area contributed by atoms with E-state index in [0.717, 1.165) is 12.3 Å². The third-order valence-electron chi connectivity index (χ3n) is 3.17. The van der Waals surface area contributed by atoms with Gasteiger partial charge in [0.1, 0.15) is 0 Å². The van der Waals surface area contributed by atoms with Crippen molar-refractivity contribution < 1.29 is 4.79 Å². The fourth-order valence-electron chi connectivity index (χ4n) is 1.94. The van der Waals surface area contributed by atoms with Crippen LogP contribution in [0.3, 0.4) is 0 Å². The minimum Gasteiger partial charge on any atom is -0.353 e. The Morgan fingerprint density at radius 1 is 1.40 bits per heavy atom. The van der Waals surface area contributed by atoms with Crippen molar-refractivity contribution in [2.24, 2.45) is 23.5 Å². The molecule has 0 aromatic rings. The second-order valence-electron chi connectivity index (χ2n) is 5.17. The maximum Gasteiger partial charge on any atom is 0.224 e. The van der Waals surface area contributed by atoms with Crippen LogP contribution in [0.15, 0.2) is 0 Å². The Kier molecular flexibility index (Phi) is 4.58. The molecule has 0 saturated heterocycles. The van der Waals surface area contributed by atoms with Crippen molar-refractivity contribution in [1.29, 1.82) is 0 Å². The molecule has 1 fully saturated rings. The summed E-state index contributed by atoms with van der Waals surface area (Å²) in [6, 6.07) is 0.304. The molecule has 2 atom stereocenters. The van der Waals surface area contributed by atoms with Crippen LogP contribution in [0.5, 0.6) is 0 Å². The number of hydrogen-bond donors (Lipinski definition) is 2. The van der Waals surface area contributed by atoms with Crippen LogP contribution in [0.2, 0.25) is 0 Å². The predicted octanol–water partition coefficient (Wildman–Crippen LogP) is 1.52. The molecule has 0 radical (unpaired) electrons. The van der Waals surface area contributed by atoms with Gasteiger partial charge in [0.25, 0.3) is 0 Å². The quantitative estimate of drug-likeness (QED) is 0.701. The smallest absolute Gasteiger partial charge is 0.224 e. The lowest BCUT2D eigenvalue weighted by molar-refractivity contribution is -0.126. The largest absolute Gasteiger partial charge is 0.353 e. The van der Waals surface area contributed by atoms with Gasteiger partial charge in [0.2, 0.25) is 5.91 Å². The average molecular weight is 212 g/mol. The van der Waals surface area contributed by atoms with Crippen LogP contribution >= 0.6 is 0 Å². The van der Waals surface area contributed by atoms with E-state index in [9.17, 15) is 4.79 Å². The molecule has 1 saturated carbocycles. The van der Waals surface area contributed by atoms with Gasteiger partial charge in [0.05, 0.1) is 5.92 Å². The molecule has 0 heterocycles. The van der Waals surface area contributed by atoms with Crippen molar-refractivity contribution in [3.8, 4) is 0 Å². The minimum atomic E-state index is -0.0355. The van der Waals surface area contributed by atoms with Gasteiger partial charge in [0.15, 0.2) is 0 Å². The molecule has 0 aromatic heterocycles. The highest BCUT2D eigenvalue weighted by Crippen LogP contribution is 2.33. The van der Waals surface area contributed by atoms with Crippen LogP contribution < -0.4 is 11.1 Å². The zero-order valence-corrected chi connectivity index (χ0v) is 10.1. The zero-order valence-electron chi connectivity index (χ0n) is 10.1. The molecule has 88 valence electrons. The Labute approximate surface area is 92.8 Å². The van der Waals surface area contributed by atoms with E-state index in [1.54, 1.807) is 0 Å². The van der Waals surface area contributed by atoms with Crippen LogP contribution in [0.4, 0.5) is 0 Å². The number of carbonyl (C=O) groups excluding carboxylic acids is 1. The second kappa shape index (κ2) is 5.50. The van der Waals surface area contributed by atoms with Crippen molar-refractivity contribution in [2.75, 3.05) is 6.54 Å². The Morgan fingerprint density at radius 3 is 2.40 bits per heavy atom. The van der Waals surface area contributed by atoms with Crippen LogP contribution in [-0.4, -0.2) is 18.5 Å². The van der Waals surface area contributed by atoms with E-state index in [1.165, 1.54) is 12.8 Å². The SMILES string of the molecule is CC(CC1CC1)NC(=O)C(CN)C(C)C. The average Bonchev–Trinajstić information content (AvgIpc) is 2.87. The summed E-state index contributed by atoms with van der Waals surface area (Å²) in [4.78, 5) is 11.8. The molecule has 3 nitrogen and oxygen atoms in total. The summed E-state index contributed by atoms with van der Waals surface area (Å²) in [6.07, 6.45) is 3.80. The first kappa shape index (κ1) is 12.5. The van der Waals surface area contributed by atoms with Gasteiger partial charge < -0.3 is 11.1 Å². The normalized spacial score (nSPS) is 20.1. The van der Waals surface area contributed by atoms with Crippen LogP contribution in [0.1, 0.15) is 40.0 Å². The summed E-state index contributed by atoms with van der Waals surface area (Å²) in [5.41, 5.74) is 5.60. The van der Waals surface area contributed by atoms with Crippen LogP contribution in [0, 0.1) is 17.8 Å². The topological polar surface area (TPSA) is 55.1 Å². The van der Waals surface area contributed by atoms with Crippen molar-refractivity contribution in [3.05, 3.63) is 0 Å². The first-order chi connectivity index (χ1) is 7.04. The lowest BCUT2D eigenvalue weighted by atomic mass is 9.94. The zero-order chi connectivity index (χ0) is 11.4. The van der Waals surface area contributed by atoms with E-state index in [2.05, 4.69) is 12.2 Å². The van der Waals surface area contributed by atoms with Crippen LogP contribution in [0.25, 0.3) is 0 Å². The van der Waals surface area contributed by atoms with Crippen molar-refractivity contribution in [3.63, 3.8) is 0 Å². The van der Waals surface area contributed by atoms with Gasteiger partial charge in [-0.25, -0.2) is 0 Å². The molecule has 1 aliphatic carbocycles. The molecule has 1 aliphatic rings. The van der Waals surface area contributed by atoms with Crippen molar-refractivity contribution >= 4 is 5.91 Å². The lowest BCUT2D eigenvalue weighted by Gasteiger charge is -2.21. The molecule has 15 heavy (non-hydrogen) atoms. The van der Waals surface area contributed by atoms with Crippen LogP contribution in [-0.2, 0) is 4.79 Å². The molecular formula is C12H24N2O. The highest BCUT2D eigenvalue weighted by atomic mass is 16.2. The van der Waals surface area contributed by atoms with Gasteiger partial charge in [-0.05, 0) is 25.2 Å². The van der Waals surface area contributed by atoms with E-state index in [0.29, 0.717) is 18.5 Å². The van der Waals surface area contributed by atoms with Gasteiger partial charge in [-0.3, -0.25) is 4.79 Å². The Hall–Kier alpha value is -0.570. The van der Waals surface area contributed by atoms with Gasteiger partial charge >= 0.3 is 0 Å².